The van der Waals surface area contributed by atoms with Gasteiger partial charge in [0.2, 0.25) is 0 Å². The number of nitrogens with zero attached hydrogens (tertiary/aromatic N) is 2. The second-order valence-corrected chi connectivity index (χ2v) is 5.12. The van der Waals surface area contributed by atoms with Gasteiger partial charge in [-0.2, -0.15) is 0 Å². The number of ether oxygens (including phenoxy) is 1. The highest BCUT2D eigenvalue weighted by Gasteiger charge is 2.09. The first-order valence-electron chi connectivity index (χ1n) is 7.00. The molecule has 1 atom stereocenters. The number of imidazole rings is 1. The first-order chi connectivity index (χ1) is 10.2. The number of rotatable bonds is 5. The van der Waals surface area contributed by atoms with Gasteiger partial charge in [-0.3, -0.25) is 0 Å². The Kier molecular flexibility index (Phi) is 3.88. The summed E-state index contributed by atoms with van der Waals surface area (Å²) in [6, 6.07) is 15.7. The number of fused-ring (bicyclic) bond motifs is 1. The summed E-state index contributed by atoms with van der Waals surface area (Å²) in [4.78, 5) is 4.32. The van der Waals surface area contributed by atoms with E-state index >= 15 is 0 Å². The third-order valence-corrected chi connectivity index (χ3v) is 3.46. The van der Waals surface area contributed by atoms with Crippen LogP contribution < -0.4 is 4.74 Å². The maximum absolute atomic E-state index is 10.2. The molecule has 0 unspecified atom stereocenters. The lowest BCUT2D eigenvalue weighted by Crippen LogP contribution is -2.23. The first kappa shape index (κ1) is 13.6. The Bertz CT molecular complexity index is 736. The van der Waals surface area contributed by atoms with Crippen LogP contribution in [0.4, 0.5) is 0 Å². The normalized spacial score (nSPS) is 12.5. The van der Waals surface area contributed by atoms with Crippen molar-refractivity contribution in [1.29, 1.82) is 0 Å². The van der Waals surface area contributed by atoms with Crippen molar-refractivity contribution in [2.75, 3.05) is 6.61 Å². The summed E-state index contributed by atoms with van der Waals surface area (Å²) in [7, 11) is 0. The van der Waals surface area contributed by atoms with E-state index in [4.69, 9.17) is 4.74 Å². The number of aliphatic hydroxyl groups is 1. The van der Waals surface area contributed by atoms with Crippen molar-refractivity contribution in [3.05, 3.63) is 60.4 Å². The van der Waals surface area contributed by atoms with Crippen LogP contribution in [0.2, 0.25) is 0 Å². The number of hydrogen-bond acceptors (Lipinski definition) is 3. The zero-order valence-electron chi connectivity index (χ0n) is 11.9. The van der Waals surface area contributed by atoms with Crippen molar-refractivity contribution >= 4 is 11.0 Å². The van der Waals surface area contributed by atoms with Gasteiger partial charge in [-0.05, 0) is 30.7 Å². The van der Waals surface area contributed by atoms with E-state index in [2.05, 4.69) is 4.98 Å². The number of aromatic nitrogens is 2. The molecule has 108 valence electrons. The van der Waals surface area contributed by atoms with Crippen LogP contribution in [0.25, 0.3) is 11.0 Å². The van der Waals surface area contributed by atoms with Crippen LogP contribution in [-0.2, 0) is 6.54 Å². The van der Waals surface area contributed by atoms with Gasteiger partial charge in [-0.25, -0.2) is 4.98 Å². The molecule has 0 fully saturated rings. The Morgan fingerprint density at radius 3 is 2.76 bits per heavy atom. The van der Waals surface area contributed by atoms with Crippen LogP contribution >= 0.6 is 0 Å². The Morgan fingerprint density at radius 2 is 1.90 bits per heavy atom. The second-order valence-electron chi connectivity index (χ2n) is 5.12. The average molecular weight is 282 g/mol. The predicted octanol–water partition coefficient (Wildman–Crippen LogP) is 2.78. The second kappa shape index (κ2) is 5.97. The summed E-state index contributed by atoms with van der Waals surface area (Å²) < 4.78 is 7.62. The standard InChI is InChI=1S/C17H18N2O2/c1-13-6-2-5-9-17(13)21-11-14(20)10-19-12-18-15-7-3-4-8-16(15)19/h2-9,12,14,20H,10-11H2,1H3/t14-/m0/s1. The van der Waals surface area contributed by atoms with E-state index in [1.807, 2.05) is 60.0 Å². The van der Waals surface area contributed by atoms with Crippen LogP contribution in [0, 0.1) is 6.92 Å². The van der Waals surface area contributed by atoms with Crippen molar-refractivity contribution in [2.24, 2.45) is 0 Å². The molecule has 3 rings (SSSR count). The molecule has 0 aliphatic rings. The summed E-state index contributed by atoms with van der Waals surface area (Å²) in [5.41, 5.74) is 3.02. The van der Waals surface area contributed by atoms with Crippen molar-refractivity contribution in [1.82, 2.24) is 9.55 Å². The van der Waals surface area contributed by atoms with Crippen LogP contribution in [-0.4, -0.2) is 27.4 Å². The summed E-state index contributed by atoms with van der Waals surface area (Å²) in [5.74, 6) is 0.812. The smallest absolute Gasteiger partial charge is 0.122 e. The van der Waals surface area contributed by atoms with E-state index in [1.165, 1.54) is 0 Å². The SMILES string of the molecule is Cc1ccccc1OC[C@@H](O)Cn1cnc2ccccc21. The number of benzene rings is 2. The van der Waals surface area contributed by atoms with Gasteiger partial charge in [0.05, 0.1) is 23.9 Å². The molecule has 0 saturated carbocycles. The maximum Gasteiger partial charge on any atom is 0.122 e. The molecule has 4 heteroatoms. The lowest BCUT2D eigenvalue weighted by molar-refractivity contribution is 0.0931. The lowest BCUT2D eigenvalue weighted by atomic mass is 10.2. The fourth-order valence-electron chi connectivity index (χ4n) is 2.34. The van der Waals surface area contributed by atoms with E-state index in [0.717, 1.165) is 22.3 Å². The molecule has 0 bridgehead atoms. The van der Waals surface area contributed by atoms with E-state index in [9.17, 15) is 5.11 Å². The minimum absolute atomic E-state index is 0.261. The molecule has 0 saturated heterocycles. The fourth-order valence-corrected chi connectivity index (χ4v) is 2.34. The van der Waals surface area contributed by atoms with Gasteiger partial charge in [0, 0.05) is 0 Å². The van der Waals surface area contributed by atoms with Crippen molar-refractivity contribution in [3.63, 3.8) is 0 Å². The van der Waals surface area contributed by atoms with Crippen molar-refractivity contribution in [3.8, 4) is 5.75 Å². The van der Waals surface area contributed by atoms with Crippen LogP contribution in [0.15, 0.2) is 54.9 Å². The minimum atomic E-state index is -0.581. The molecule has 0 radical (unpaired) electrons. The van der Waals surface area contributed by atoms with Crippen molar-refractivity contribution in [2.45, 2.75) is 19.6 Å². The summed E-state index contributed by atoms with van der Waals surface area (Å²) >= 11 is 0. The van der Waals surface area contributed by atoms with Gasteiger partial charge in [-0.15, -0.1) is 0 Å². The van der Waals surface area contributed by atoms with Gasteiger partial charge < -0.3 is 14.4 Å². The molecule has 1 N–H and O–H groups in total. The van der Waals surface area contributed by atoms with E-state index in [1.54, 1.807) is 6.33 Å². The maximum atomic E-state index is 10.2. The average Bonchev–Trinajstić information content (AvgIpc) is 2.90. The molecule has 2 aromatic carbocycles. The van der Waals surface area contributed by atoms with Crippen LogP contribution in [0.1, 0.15) is 5.56 Å². The molecule has 3 aromatic rings. The topological polar surface area (TPSA) is 47.3 Å². The lowest BCUT2D eigenvalue weighted by Gasteiger charge is -2.14. The largest absolute Gasteiger partial charge is 0.491 e. The zero-order chi connectivity index (χ0) is 14.7. The summed E-state index contributed by atoms with van der Waals surface area (Å²) in [6.07, 6.45) is 1.17. The molecule has 0 amide bonds. The Labute approximate surface area is 123 Å². The Hall–Kier alpha value is -2.33. The molecule has 0 spiro atoms. The van der Waals surface area contributed by atoms with Crippen molar-refractivity contribution < 1.29 is 9.84 Å². The Balaban J connectivity index is 1.64. The molecule has 0 aliphatic heterocycles. The van der Waals surface area contributed by atoms with Gasteiger partial charge in [0.25, 0.3) is 0 Å². The third kappa shape index (κ3) is 3.06. The zero-order valence-corrected chi connectivity index (χ0v) is 11.9. The van der Waals surface area contributed by atoms with Gasteiger partial charge in [0.15, 0.2) is 0 Å². The first-order valence-corrected chi connectivity index (χ1v) is 7.00. The van der Waals surface area contributed by atoms with Gasteiger partial charge in [-0.1, -0.05) is 30.3 Å². The predicted molar refractivity (Wildman–Crippen MR) is 82.4 cm³/mol. The highest BCUT2D eigenvalue weighted by atomic mass is 16.5. The summed E-state index contributed by atoms with van der Waals surface area (Å²) in [5, 5.41) is 10.2. The number of para-hydroxylation sites is 3. The van der Waals surface area contributed by atoms with Gasteiger partial charge >= 0.3 is 0 Å². The number of hydrogen-bond donors (Lipinski definition) is 1. The molecule has 0 aliphatic carbocycles. The molecule has 1 aromatic heterocycles. The Morgan fingerprint density at radius 1 is 1.14 bits per heavy atom. The summed E-state index contributed by atoms with van der Waals surface area (Å²) in [6.45, 7) is 2.72. The molecular formula is C17H18N2O2. The monoisotopic (exact) mass is 282 g/mol. The van der Waals surface area contributed by atoms with Gasteiger partial charge in [0.1, 0.15) is 18.5 Å². The minimum Gasteiger partial charge on any atom is -0.491 e. The molecule has 4 nitrogen and oxygen atoms in total. The van der Waals surface area contributed by atoms with Crippen LogP contribution in [0.5, 0.6) is 5.75 Å². The molecule has 1 heterocycles. The highest BCUT2D eigenvalue weighted by molar-refractivity contribution is 5.74. The van der Waals surface area contributed by atoms with Crippen LogP contribution in [0.3, 0.4) is 0 Å². The molecular weight excluding hydrogens is 264 g/mol. The molecule has 21 heavy (non-hydrogen) atoms. The highest BCUT2D eigenvalue weighted by Crippen LogP contribution is 2.17. The fraction of sp³-hybridized carbons (Fsp3) is 0.235. The number of aryl methyl sites for hydroxylation is 1. The third-order valence-electron chi connectivity index (χ3n) is 3.46. The van der Waals surface area contributed by atoms with E-state index in [-0.39, 0.29) is 6.61 Å². The quantitative estimate of drug-likeness (QED) is 0.782. The number of aliphatic hydroxyl groups excluding tert-OH is 1. The van der Waals surface area contributed by atoms with E-state index in [0.29, 0.717) is 6.54 Å². The van der Waals surface area contributed by atoms with E-state index < -0.39 is 6.10 Å².